The first kappa shape index (κ1) is 19.9. The molecule has 1 N–H and O–H groups in total. The number of hydrogen-bond acceptors (Lipinski definition) is 4. The van der Waals surface area contributed by atoms with Gasteiger partial charge in [-0.3, -0.25) is 4.90 Å². The molecule has 0 bridgehead atoms. The normalized spacial score (nSPS) is 17.7. The van der Waals surface area contributed by atoms with Crippen molar-refractivity contribution in [1.29, 1.82) is 0 Å². The van der Waals surface area contributed by atoms with E-state index in [0.29, 0.717) is 11.8 Å². The fourth-order valence-electron chi connectivity index (χ4n) is 3.23. The van der Waals surface area contributed by atoms with Crippen LogP contribution in [0.25, 0.3) is 0 Å². The van der Waals surface area contributed by atoms with Crippen LogP contribution >= 0.6 is 0 Å². The maximum absolute atomic E-state index is 12.9. The van der Waals surface area contributed by atoms with Crippen molar-refractivity contribution in [3.63, 3.8) is 0 Å². The Labute approximate surface area is 156 Å². The molecule has 1 aliphatic heterocycles. The van der Waals surface area contributed by atoms with Crippen LogP contribution in [-0.4, -0.2) is 33.0 Å². The van der Waals surface area contributed by atoms with E-state index in [2.05, 4.69) is 9.62 Å². The Kier molecular flexibility index (Phi) is 5.92. The lowest BCUT2D eigenvalue weighted by molar-refractivity contribution is -0.137. The number of furan rings is 1. The van der Waals surface area contributed by atoms with Gasteiger partial charge in [-0.1, -0.05) is 12.5 Å². The molecule has 0 unspecified atom stereocenters. The molecule has 27 heavy (non-hydrogen) atoms. The van der Waals surface area contributed by atoms with Crippen LogP contribution in [0.2, 0.25) is 0 Å². The first-order chi connectivity index (χ1) is 12.8. The predicted octanol–water partition coefficient (Wildman–Crippen LogP) is 3.80. The quantitative estimate of drug-likeness (QED) is 0.798. The van der Waals surface area contributed by atoms with Crippen LogP contribution in [0.5, 0.6) is 0 Å². The summed E-state index contributed by atoms with van der Waals surface area (Å²) in [7, 11) is -4.09. The van der Waals surface area contributed by atoms with E-state index in [1.807, 2.05) is 0 Å². The number of rotatable bonds is 6. The predicted molar refractivity (Wildman–Crippen MR) is 93.5 cm³/mol. The highest BCUT2D eigenvalue weighted by Crippen LogP contribution is 2.31. The van der Waals surface area contributed by atoms with Crippen molar-refractivity contribution < 1.29 is 26.0 Å². The molecule has 148 valence electrons. The second-order valence-corrected chi connectivity index (χ2v) is 8.27. The SMILES string of the molecule is O=S(=O)(NC[C@H](c1ccco1)N1CCCCC1)c1cccc(C(F)(F)F)c1. The molecule has 1 aliphatic rings. The summed E-state index contributed by atoms with van der Waals surface area (Å²) in [5.74, 6) is 0.628. The second-order valence-electron chi connectivity index (χ2n) is 6.51. The smallest absolute Gasteiger partial charge is 0.416 e. The number of halogens is 3. The van der Waals surface area contributed by atoms with Crippen molar-refractivity contribution in [3.05, 3.63) is 54.0 Å². The number of benzene rings is 1. The Morgan fingerprint density at radius 3 is 2.48 bits per heavy atom. The van der Waals surface area contributed by atoms with Crippen LogP contribution in [0.3, 0.4) is 0 Å². The zero-order valence-electron chi connectivity index (χ0n) is 14.6. The van der Waals surface area contributed by atoms with Gasteiger partial charge in [0, 0.05) is 6.54 Å². The molecule has 0 saturated carbocycles. The first-order valence-electron chi connectivity index (χ1n) is 8.72. The van der Waals surface area contributed by atoms with Gasteiger partial charge in [0.25, 0.3) is 0 Å². The highest BCUT2D eigenvalue weighted by molar-refractivity contribution is 7.89. The van der Waals surface area contributed by atoms with Gasteiger partial charge in [0.15, 0.2) is 0 Å². The first-order valence-corrected chi connectivity index (χ1v) is 10.2. The summed E-state index contributed by atoms with van der Waals surface area (Å²) in [6, 6.07) is 6.93. The summed E-state index contributed by atoms with van der Waals surface area (Å²) in [6.45, 7) is 1.65. The third-order valence-electron chi connectivity index (χ3n) is 4.64. The number of sulfonamides is 1. The summed E-state index contributed by atoms with van der Waals surface area (Å²) in [4.78, 5) is 1.73. The molecule has 1 aromatic carbocycles. The minimum atomic E-state index is -4.60. The van der Waals surface area contributed by atoms with Gasteiger partial charge >= 0.3 is 6.18 Å². The molecule has 0 amide bonds. The topological polar surface area (TPSA) is 62.6 Å². The number of nitrogens with one attached hydrogen (secondary N) is 1. The van der Waals surface area contributed by atoms with Crippen molar-refractivity contribution in [3.8, 4) is 0 Å². The van der Waals surface area contributed by atoms with Crippen molar-refractivity contribution >= 4 is 10.0 Å². The van der Waals surface area contributed by atoms with Gasteiger partial charge in [0.05, 0.1) is 22.8 Å². The van der Waals surface area contributed by atoms with Gasteiger partial charge in [-0.2, -0.15) is 13.2 Å². The molecule has 0 spiro atoms. The molecular formula is C18H21F3N2O3S. The van der Waals surface area contributed by atoms with Crippen LogP contribution in [0, 0.1) is 0 Å². The van der Waals surface area contributed by atoms with Crippen molar-refractivity contribution in [2.75, 3.05) is 19.6 Å². The van der Waals surface area contributed by atoms with E-state index in [4.69, 9.17) is 4.42 Å². The summed E-state index contributed by atoms with van der Waals surface area (Å²) in [5, 5.41) is 0. The van der Waals surface area contributed by atoms with Gasteiger partial charge < -0.3 is 4.42 Å². The summed E-state index contributed by atoms with van der Waals surface area (Å²) < 4.78 is 71.6. The lowest BCUT2D eigenvalue weighted by Crippen LogP contribution is -2.40. The molecule has 5 nitrogen and oxygen atoms in total. The van der Waals surface area contributed by atoms with Gasteiger partial charge in [-0.05, 0) is 56.3 Å². The van der Waals surface area contributed by atoms with E-state index in [-0.39, 0.29) is 12.6 Å². The highest BCUT2D eigenvalue weighted by Gasteiger charge is 2.32. The molecule has 1 saturated heterocycles. The third-order valence-corrected chi connectivity index (χ3v) is 6.06. The Hall–Kier alpha value is -1.84. The minimum Gasteiger partial charge on any atom is -0.468 e. The van der Waals surface area contributed by atoms with Crippen LogP contribution in [0.1, 0.15) is 36.6 Å². The largest absolute Gasteiger partial charge is 0.468 e. The molecule has 2 heterocycles. The van der Waals surface area contributed by atoms with Crippen LogP contribution < -0.4 is 4.72 Å². The molecule has 9 heteroatoms. The highest BCUT2D eigenvalue weighted by atomic mass is 32.2. The van der Waals surface area contributed by atoms with Crippen molar-refractivity contribution in [1.82, 2.24) is 9.62 Å². The molecule has 1 aromatic heterocycles. The zero-order chi connectivity index (χ0) is 19.5. The van der Waals surface area contributed by atoms with E-state index in [1.165, 1.54) is 6.26 Å². The molecule has 2 aromatic rings. The fourth-order valence-corrected chi connectivity index (χ4v) is 4.32. The van der Waals surface area contributed by atoms with Crippen LogP contribution in [0.15, 0.2) is 52.0 Å². The Balaban J connectivity index is 1.78. The molecule has 0 radical (unpaired) electrons. The van der Waals surface area contributed by atoms with E-state index in [0.717, 1.165) is 50.6 Å². The van der Waals surface area contributed by atoms with Gasteiger partial charge in [-0.25, -0.2) is 13.1 Å². The van der Waals surface area contributed by atoms with E-state index < -0.39 is 26.7 Å². The molecule has 1 fully saturated rings. The summed E-state index contributed by atoms with van der Waals surface area (Å²) in [6.07, 6.45) is 0.0656. The minimum absolute atomic E-state index is 0.0199. The number of likely N-dealkylation sites (tertiary alicyclic amines) is 1. The summed E-state index contributed by atoms with van der Waals surface area (Å²) >= 11 is 0. The summed E-state index contributed by atoms with van der Waals surface area (Å²) in [5.41, 5.74) is -0.996. The second kappa shape index (κ2) is 8.04. The maximum atomic E-state index is 12.9. The monoisotopic (exact) mass is 402 g/mol. The average molecular weight is 402 g/mol. The number of piperidine rings is 1. The van der Waals surface area contributed by atoms with Crippen LogP contribution in [0.4, 0.5) is 13.2 Å². The Morgan fingerprint density at radius 1 is 1.11 bits per heavy atom. The average Bonchev–Trinajstić information content (AvgIpc) is 3.16. The lowest BCUT2D eigenvalue weighted by Gasteiger charge is -2.33. The maximum Gasteiger partial charge on any atom is 0.416 e. The number of alkyl halides is 3. The van der Waals surface area contributed by atoms with E-state index in [9.17, 15) is 21.6 Å². The van der Waals surface area contributed by atoms with E-state index in [1.54, 1.807) is 12.1 Å². The zero-order valence-corrected chi connectivity index (χ0v) is 15.4. The standard InChI is InChI=1S/C18H21F3N2O3S/c19-18(20,21)14-6-4-7-15(12-14)27(24,25)22-13-16(17-8-5-11-26-17)23-9-2-1-3-10-23/h4-8,11-12,16,22H,1-3,9-10,13H2/t16-/m1/s1. The van der Waals surface area contributed by atoms with Gasteiger partial charge in [0.1, 0.15) is 5.76 Å². The molecule has 3 rings (SSSR count). The number of nitrogens with zero attached hydrogens (tertiary/aromatic N) is 1. The Bertz CT molecular complexity index is 845. The van der Waals surface area contributed by atoms with Gasteiger partial charge in [-0.15, -0.1) is 0 Å². The van der Waals surface area contributed by atoms with Crippen molar-refractivity contribution in [2.24, 2.45) is 0 Å². The fraction of sp³-hybridized carbons (Fsp3) is 0.444. The molecule has 1 atom stereocenters. The molecular weight excluding hydrogens is 381 g/mol. The van der Waals surface area contributed by atoms with Gasteiger partial charge in [0.2, 0.25) is 10.0 Å². The lowest BCUT2D eigenvalue weighted by atomic mass is 10.1. The van der Waals surface area contributed by atoms with Crippen molar-refractivity contribution in [2.45, 2.75) is 36.4 Å². The number of hydrogen-bond donors (Lipinski definition) is 1. The third kappa shape index (κ3) is 4.91. The van der Waals surface area contributed by atoms with Crippen LogP contribution in [-0.2, 0) is 16.2 Å². The molecule has 0 aliphatic carbocycles. The van der Waals surface area contributed by atoms with E-state index >= 15 is 0 Å². The Morgan fingerprint density at radius 2 is 1.85 bits per heavy atom.